The number of methoxy groups -OCH3 is 3. The Balaban J connectivity index is 1.41. The predicted octanol–water partition coefficient (Wildman–Crippen LogP) is 3.13. The lowest BCUT2D eigenvalue weighted by atomic mass is 9.47. The van der Waals surface area contributed by atoms with Crippen LogP contribution in [0.5, 0.6) is 5.75 Å². The van der Waals surface area contributed by atoms with Gasteiger partial charge in [0.05, 0.1) is 38.7 Å². The standard InChI is InChI=1S/C45H54N4O10/c1-7-41(54)22-27-23-47(24-41)18-14-29-28-12-9-10-13-32(28)46-35(29)44(27,39(52)57-5)31-20-30-33(21-34(31)56-4)49(25-50)37-43(30)16-19-48-17-11-15-42(8-2,36(43)48)38(59-26(3)51)45(37,55)40(53)58-6/h9-13,15,20-21,25,27,36-38,46,54-55H,7-8,14,16-19,22-24H2,1-6H3. The van der Waals surface area contributed by atoms with Crippen LogP contribution in [-0.4, -0.2) is 133 Å². The first-order valence-electron chi connectivity index (χ1n) is 20.8. The first kappa shape index (κ1) is 39.7. The molecular formula is C45H54N4O10. The quantitative estimate of drug-likeness (QED) is 0.132. The number of esters is 3. The van der Waals surface area contributed by atoms with E-state index in [2.05, 4.69) is 20.9 Å². The number of hydrogen-bond donors (Lipinski definition) is 3. The zero-order valence-corrected chi connectivity index (χ0v) is 34.6. The van der Waals surface area contributed by atoms with Crippen molar-refractivity contribution >= 4 is 40.9 Å². The third-order valence-corrected chi connectivity index (χ3v) is 15.3. The monoisotopic (exact) mass is 810 g/mol. The van der Waals surface area contributed by atoms with Crippen molar-refractivity contribution in [3.63, 3.8) is 0 Å². The summed E-state index contributed by atoms with van der Waals surface area (Å²) >= 11 is 0. The fourth-order valence-electron chi connectivity index (χ4n) is 13.2. The van der Waals surface area contributed by atoms with Crippen LogP contribution in [0.2, 0.25) is 0 Å². The Bertz CT molecular complexity index is 2290. The number of nitrogens with one attached hydrogen (secondary N) is 1. The topological polar surface area (TPSA) is 171 Å². The van der Waals surface area contributed by atoms with Gasteiger partial charge in [-0.3, -0.25) is 24.2 Å². The second kappa shape index (κ2) is 13.6. The number of carbonyl (C=O) groups is 4. The van der Waals surface area contributed by atoms with Crippen molar-refractivity contribution in [1.82, 2.24) is 14.8 Å². The number of H-pyrrole nitrogens is 1. The van der Waals surface area contributed by atoms with E-state index < -0.39 is 69.5 Å². The Morgan fingerprint density at radius 3 is 2.42 bits per heavy atom. The summed E-state index contributed by atoms with van der Waals surface area (Å²) in [4.78, 5) is 66.1. The maximum Gasteiger partial charge on any atom is 0.344 e. The number of para-hydroxylation sites is 1. The number of hydrogen-bond acceptors (Lipinski definition) is 12. The molecule has 1 aliphatic carbocycles. The molecule has 1 amide bonds. The van der Waals surface area contributed by atoms with Crippen molar-refractivity contribution in [3.8, 4) is 5.75 Å². The number of aromatic nitrogens is 1. The number of carbonyl (C=O) groups excluding carboxylic acids is 4. The van der Waals surface area contributed by atoms with Crippen molar-refractivity contribution < 1.29 is 48.3 Å². The van der Waals surface area contributed by atoms with Gasteiger partial charge in [-0.25, -0.2) is 4.79 Å². The molecule has 6 heterocycles. The second-order valence-corrected chi connectivity index (χ2v) is 17.6. The molecule has 2 bridgehead atoms. The molecule has 3 N–H and O–H groups in total. The molecule has 3 fully saturated rings. The van der Waals surface area contributed by atoms with E-state index >= 15 is 4.79 Å². The number of rotatable bonds is 8. The first-order valence-corrected chi connectivity index (χ1v) is 20.8. The Labute approximate surface area is 343 Å². The minimum atomic E-state index is -2.54. The van der Waals surface area contributed by atoms with Crippen molar-refractivity contribution in [3.05, 3.63) is 70.9 Å². The smallest absolute Gasteiger partial charge is 0.344 e. The summed E-state index contributed by atoms with van der Waals surface area (Å²) in [5, 5.41) is 26.5. The molecule has 14 heteroatoms. The molecule has 1 saturated carbocycles. The number of ether oxygens (including phenoxy) is 4. The second-order valence-electron chi connectivity index (χ2n) is 17.6. The van der Waals surface area contributed by atoms with Crippen LogP contribution < -0.4 is 9.64 Å². The third-order valence-electron chi connectivity index (χ3n) is 15.3. The van der Waals surface area contributed by atoms with Crippen LogP contribution in [0, 0.1) is 11.3 Å². The minimum absolute atomic E-state index is 0.282. The molecule has 59 heavy (non-hydrogen) atoms. The summed E-state index contributed by atoms with van der Waals surface area (Å²) in [6.07, 6.45) is 5.27. The molecule has 3 aromatic rings. The Morgan fingerprint density at radius 2 is 1.75 bits per heavy atom. The molecule has 1 aromatic heterocycles. The average Bonchev–Trinajstić information content (AvgIpc) is 3.90. The minimum Gasteiger partial charge on any atom is -0.496 e. The lowest BCUT2D eigenvalue weighted by Gasteiger charge is -2.63. The van der Waals surface area contributed by atoms with E-state index in [0.717, 1.165) is 16.5 Å². The Kier molecular flexibility index (Phi) is 9.17. The van der Waals surface area contributed by atoms with E-state index in [1.54, 1.807) is 6.07 Å². The highest BCUT2D eigenvalue weighted by atomic mass is 16.6. The number of fused-ring (bicyclic) bond motifs is 6. The maximum atomic E-state index is 15.4. The molecule has 314 valence electrons. The number of piperidine rings is 1. The van der Waals surface area contributed by atoms with Crippen LogP contribution >= 0.6 is 0 Å². The van der Waals surface area contributed by atoms with Crippen LogP contribution in [0.1, 0.15) is 68.8 Å². The van der Waals surface area contributed by atoms with Gasteiger partial charge in [-0.05, 0) is 61.9 Å². The highest BCUT2D eigenvalue weighted by molar-refractivity contribution is 5.97. The fraction of sp³-hybridized carbons (Fsp3) is 0.556. The zero-order chi connectivity index (χ0) is 41.9. The van der Waals surface area contributed by atoms with Gasteiger partial charge in [-0.15, -0.1) is 0 Å². The lowest BCUT2D eigenvalue weighted by molar-refractivity contribution is -0.228. The van der Waals surface area contributed by atoms with Gasteiger partial charge in [0.2, 0.25) is 12.0 Å². The molecule has 5 aliphatic heterocycles. The SMILES string of the molecule is CCC1(O)CC2CN(CCc3c([nH]c4ccccc34)C2(C(=O)OC)c2cc3c(cc2OC)N(C=O)C2C(O)(C(=O)OC)C(OC(C)=O)C4(CC)C=CCN5CCC32C54)C1. The van der Waals surface area contributed by atoms with Crippen LogP contribution in [0.15, 0.2) is 48.6 Å². The number of benzene rings is 2. The molecular weight excluding hydrogens is 757 g/mol. The maximum absolute atomic E-state index is 15.4. The van der Waals surface area contributed by atoms with Gasteiger partial charge in [0.15, 0.2) is 6.10 Å². The number of aliphatic hydroxyl groups is 2. The van der Waals surface area contributed by atoms with Crippen molar-refractivity contribution in [1.29, 1.82) is 0 Å². The number of aromatic amines is 1. The Morgan fingerprint density at radius 1 is 0.983 bits per heavy atom. The number of amides is 1. The van der Waals surface area contributed by atoms with E-state index in [9.17, 15) is 24.6 Å². The van der Waals surface area contributed by atoms with Crippen LogP contribution in [-0.2, 0) is 50.6 Å². The lowest BCUT2D eigenvalue weighted by Crippen LogP contribution is -2.81. The van der Waals surface area contributed by atoms with Crippen LogP contribution in [0.3, 0.4) is 0 Å². The molecule has 14 nitrogen and oxygen atoms in total. The average molecular weight is 811 g/mol. The zero-order valence-electron chi connectivity index (χ0n) is 34.6. The Hall–Kier alpha value is -4.76. The third kappa shape index (κ3) is 4.94. The molecule has 1 spiro atoms. The van der Waals surface area contributed by atoms with Gasteiger partial charge < -0.3 is 39.0 Å². The van der Waals surface area contributed by atoms with E-state index in [1.165, 1.54) is 33.2 Å². The first-order chi connectivity index (χ1) is 28.3. The summed E-state index contributed by atoms with van der Waals surface area (Å²) in [7, 11) is 4.07. The number of nitrogens with zero attached hydrogens (tertiary/aromatic N) is 3. The largest absolute Gasteiger partial charge is 0.496 e. The number of anilines is 1. The highest BCUT2D eigenvalue weighted by Gasteiger charge is 2.81. The molecule has 0 radical (unpaired) electrons. The molecule has 6 aliphatic rings. The molecule has 2 saturated heterocycles. The van der Waals surface area contributed by atoms with Gasteiger partial charge in [0, 0.05) is 84.1 Å². The van der Waals surface area contributed by atoms with E-state index in [0.29, 0.717) is 87.3 Å². The van der Waals surface area contributed by atoms with Gasteiger partial charge in [-0.1, -0.05) is 44.2 Å². The summed E-state index contributed by atoms with van der Waals surface area (Å²) in [6.45, 7) is 7.85. The summed E-state index contributed by atoms with van der Waals surface area (Å²) in [5.74, 6) is -2.49. The van der Waals surface area contributed by atoms with Crippen molar-refractivity contribution in [2.45, 2.75) is 93.1 Å². The summed E-state index contributed by atoms with van der Waals surface area (Å²) in [6, 6.07) is 9.90. The van der Waals surface area contributed by atoms with Crippen LogP contribution in [0.25, 0.3) is 10.9 Å². The highest BCUT2D eigenvalue weighted by Crippen LogP contribution is 2.68. The predicted molar refractivity (Wildman–Crippen MR) is 216 cm³/mol. The molecule has 10 atom stereocenters. The van der Waals surface area contributed by atoms with Gasteiger partial charge in [0.25, 0.3) is 0 Å². The van der Waals surface area contributed by atoms with Crippen molar-refractivity contribution in [2.75, 3.05) is 59.0 Å². The molecule has 10 unspecified atom stereocenters. The van der Waals surface area contributed by atoms with Crippen molar-refractivity contribution in [2.24, 2.45) is 11.3 Å². The summed E-state index contributed by atoms with van der Waals surface area (Å²) in [5.41, 5.74) is -3.47. The molecule has 2 aromatic carbocycles. The van der Waals surface area contributed by atoms with E-state index in [4.69, 9.17) is 18.9 Å². The van der Waals surface area contributed by atoms with Gasteiger partial charge in [-0.2, -0.15) is 0 Å². The summed E-state index contributed by atoms with van der Waals surface area (Å²) < 4.78 is 23.7. The van der Waals surface area contributed by atoms with Gasteiger partial charge >= 0.3 is 17.9 Å². The molecule has 9 rings (SSSR count). The normalized spacial score (nSPS) is 36.7. The van der Waals surface area contributed by atoms with E-state index in [-0.39, 0.29) is 12.2 Å². The van der Waals surface area contributed by atoms with Crippen LogP contribution in [0.4, 0.5) is 5.69 Å². The fourth-order valence-corrected chi connectivity index (χ4v) is 13.2. The van der Waals surface area contributed by atoms with Gasteiger partial charge in [0.1, 0.15) is 11.2 Å². The van der Waals surface area contributed by atoms with E-state index in [1.807, 2.05) is 50.3 Å².